The summed E-state index contributed by atoms with van der Waals surface area (Å²) in [6.07, 6.45) is -1.99. The summed E-state index contributed by atoms with van der Waals surface area (Å²) in [5.41, 5.74) is 4.98. The zero-order valence-electron chi connectivity index (χ0n) is 8.26. The Morgan fingerprint density at radius 1 is 1.44 bits per heavy atom. The van der Waals surface area contributed by atoms with Crippen molar-refractivity contribution in [3.8, 4) is 0 Å². The lowest BCUT2D eigenvalue weighted by molar-refractivity contribution is -0.0254. The van der Waals surface area contributed by atoms with Crippen molar-refractivity contribution in [2.24, 2.45) is 5.73 Å². The standard InChI is InChI=1S/C8H12N4O4/c9-7(16)8-10-2-12(11-8)3-1-4(13)6(15)5(3)14/h2-6,13-15H,1H2,(H2,9,16)/t3-,4+,5+,6-/m1/s1. The number of carbonyl (C=O) groups is 1. The SMILES string of the molecule is NC(=O)c1ncn([C@@H]2C[C@H](O)[C@@H](O)[C@H]2O)n1. The number of rotatable bonds is 2. The third kappa shape index (κ3) is 1.66. The maximum Gasteiger partial charge on any atom is 0.288 e. The van der Waals surface area contributed by atoms with E-state index in [4.69, 9.17) is 5.73 Å². The van der Waals surface area contributed by atoms with Gasteiger partial charge in [-0.2, -0.15) is 0 Å². The Morgan fingerprint density at radius 2 is 2.12 bits per heavy atom. The minimum Gasteiger partial charge on any atom is -0.390 e. The van der Waals surface area contributed by atoms with Gasteiger partial charge in [0.15, 0.2) is 0 Å². The minimum absolute atomic E-state index is 0.143. The molecule has 88 valence electrons. The number of primary amides is 1. The van der Waals surface area contributed by atoms with Crippen molar-refractivity contribution >= 4 is 5.91 Å². The summed E-state index contributed by atoms with van der Waals surface area (Å²) in [6, 6.07) is -0.606. The van der Waals surface area contributed by atoms with Crippen LogP contribution >= 0.6 is 0 Å². The highest BCUT2D eigenvalue weighted by atomic mass is 16.4. The van der Waals surface area contributed by atoms with Crippen LogP contribution in [0.4, 0.5) is 0 Å². The van der Waals surface area contributed by atoms with Gasteiger partial charge in [-0.1, -0.05) is 0 Å². The van der Waals surface area contributed by atoms with E-state index in [1.807, 2.05) is 0 Å². The average Bonchev–Trinajstić information content (AvgIpc) is 2.79. The Morgan fingerprint density at radius 3 is 2.56 bits per heavy atom. The largest absolute Gasteiger partial charge is 0.390 e. The normalized spacial score (nSPS) is 34.2. The van der Waals surface area contributed by atoms with Gasteiger partial charge in [-0.3, -0.25) is 4.79 Å². The van der Waals surface area contributed by atoms with Crippen LogP contribution in [0.2, 0.25) is 0 Å². The Balaban J connectivity index is 2.21. The monoisotopic (exact) mass is 228 g/mol. The lowest BCUT2D eigenvalue weighted by Gasteiger charge is -2.15. The number of hydrogen-bond donors (Lipinski definition) is 4. The number of aliphatic hydroxyl groups excluding tert-OH is 3. The molecule has 8 nitrogen and oxygen atoms in total. The van der Waals surface area contributed by atoms with E-state index in [2.05, 4.69) is 10.1 Å². The topological polar surface area (TPSA) is 134 Å². The summed E-state index contributed by atoms with van der Waals surface area (Å²) in [5.74, 6) is -0.935. The van der Waals surface area contributed by atoms with Crippen molar-refractivity contribution in [1.29, 1.82) is 0 Å². The molecule has 0 radical (unpaired) electrons. The molecule has 1 fully saturated rings. The summed E-state index contributed by atoms with van der Waals surface area (Å²) < 4.78 is 1.23. The van der Waals surface area contributed by atoms with Crippen LogP contribution in [-0.4, -0.2) is 54.3 Å². The Labute approximate surface area is 90.3 Å². The maximum atomic E-state index is 10.8. The molecule has 4 atom stereocenters. The lowest BCUT2D eigenvalue weighted by Crippen LogP contribution is -2.31. The molecule has 1 aromatic heterocycles. The van der Waals surface area contributed by atoms with Crippen molar-refractivity contribution in [2.45, 2.75) is 30.8 Å². The molecule has 1 aliphatic carbocycles. The number of carbonyl (C=O) groups excluding carboxylic acids is 1. The molecule has 2 rings (SSSR count). The van der Waals surface area contributed by atoms with Crippen LogP contribution in [0.5, 0.6) is 0 Å². The van der Waals surface area contributed by atoms with Crippen molar-refractivity contribution < 1.29 is 20.1 Å². The average molecular weight is 228 g/mol. The van der Waals surface area contributed by atoms with Gasteiger partial charge in [-0.25, -0.2) is 9.67 Å². The van der Waals surface area contributed by atoms with E-state index in [1.165, 1.54) is 11.0 Å². The Hall–Kier alpha value is -1.51. The third-order valence-corrected chi connectivity index (χ3v) is 2.69. The predicted molar refractivity (Wildman–Crippen MR) is 50.2 cm³/mol. The van der Waals surface area contributed by atoms with E-state index in [-0.39, 0.29) is 12.2 Å². The first-order chi connectivity index (χ1) is 7.50. The summed E-state index contributed by atoms with van der Waals surface area (Å²) in [7, 11) is 0. The molecule has 5 N–H and O–H groups in total. The van der Waals surface area contributed by atoms with Crippen molar-refractivity contribution in [1.82, 2.24) is 14.8 Å². The van der Waals surface area contributed by atoms with Crippen LogP contribution in [0.1, 0.15) is 23.1 Å². The molecule has 1 heterocycles. The molecule has 1 saturated carbocycles. The van der Waals surface area contributed by atoms with Gasteiger partial charge in [0.2, 0.25) is 5.82 Å². The number of hydrogen-bond acceptors (Lipinski definition) is 6. The zero-order chi connectivity index (χ0) is 11.9. The third-order valence-electron chi connectivity index (χ3n) is 2.69. The minimum atomic E-state index is -1.22. The van der Waals surface area contributed by atoms with E-state index >= 15 is 0 Å². The first-order valence-corrected chi connectivity index (χ1v) is 4.76. The number of aromatic nitrogens is 3. The van der Waals surface area contributed by atoms with Crippen molar-refractivity contribution in [3.05, 3.63) is 12.2 Å². The Bertz CT molecular complexity index is 406. The Kier molecular flexibility index (Phi) is 2.62. The number of amides is 1. The van der Waals surface area contributed by atoms with Crippen molar-refractivity contribution in [2.75, 3.05) is 0 Å². The zero-order valence-corrected chi connectivity index (χ0v) is 8.26. The highest BCUT2D eigenvalue weighted by Crippen LogP contribution is 2.30. The van der Waals surface area contributed by atoms with Gasteiger partial charge in [-0.05, 0) is 0 Å². The molecule has 0 bridgehead atoms. The highest BCUT2D eigenvalue weighted by Gasteiger charge is 2.42. The van der Waals surface area contributed by atoms with Gasteiger partial charge in [0.05, 0.1) is 12.1 Å². The summed E-state index contributed by atoms with van der Waals surface area (Å²) in [6.45, 7) is 0. The van der Waals surface area contributed by atoms with E-state index < -0.39 is 30.3 Å². The molecule has 0 aromatic carbocycles. The fourth-order valence-corrected chi connectivity index (χ4v) is 1.79. The van der Waals surface area contributed by atoms with Gasteiger partial charge in [0, 0.05) is 6.42 Å². The van der Waals surface area contributed by atoms with Gasteiger partial charge >= 0.3 is 0 Å². The van der Waals surface area contributed by atoms with Crippen LogP contribution in [0, 0.1) is 0 Å². The molecule has 0 saturated heterocycles. The van der Waals surface area contributed by atoms with Crippen LogP contribution in [0.25, 0.3) is 0 Å². The smallest absolute Gasteiger partial charge is 0.288 e. The van der Waals surface area contributed by atoms with E-state index in [0.717, 1.165) is 0 Å². The quantitative estimate of drug-likeness (QED) is 0.438. The van der Waals surface area contributed by atoms with Crippen LogP contribution in [-0.2, 0) is 0 Å². The second-order valence-electron chi connectivity index (χ2n) is 3.76. The first-order valence-electron chi connectivity index (χ1n) is 4.76. The van der Waals surface area contributed by atoms with E-state index in [9.17, 15) is 20.1 Å². The van der Waals surface area contributed by atoms with Crippen LogP contribution in [0.15, 0.2) is 6.33 Å². The number of aliphatic hydroxyl groups is 3. The fourth-order valence-electron chi connectivity index (χ4n) is 1.79. The molecular weight excluding hydrogens is 216 g/mol. The second-order valence-corrected chi connectivity index (χ2v) is 3.76. The summed E-state index contributed by atoms with van der Waals surface area (Å²) in [5, 5.41) is 32.1. The number of nitrogens with zero attached hydrogens (tertiary/aromatic N) is 3. The maximum absolute atomic E-state index is 10.8. The number of nitrogens with two attached hydrogens (primary N) is 1. The van der Waals surface area contributed by atoms with Gasteiger partial charge in [0.25, 0.3) is 5.91 Å². The molecule has 1 aliphatic rings. The molecular formula is C8H12N4O4. The van der Waals surface area contributed by atoms with Crippen LogP contribution < -0.4 is 5.73 Å². The van der Waals surface area contributed by atoms with Gasteiger partial charge in [0.1, 0.15) is 18.5 Å². The molecule has 0 unspecified atom stereocenters. The first kappa shape index (κ1) is 11.0. The van der Waals surface area contributed by atoms with E-state index in [0.29, 0.717) is 0 Å². The molecule has 1 aromatic rings. The highest BCUT2D eigenvalue weighted by molar-refractivity contribution is 5.88. The predicted octanol–water partition coefficient (Wildman–Crippen LogP) is -2.60. The fraction of sp³-hybridized carbons (Fsp3) is 0.625. The summed E-state index contributed by atoms with van der Waals surface area (Å²) in [4.78, 5) is 14.4. The molecule has 0 spiro atoms. The molecule has 8 heteroatoms. The van der Waals surface area contributed by atoms with Crippen LogP contribution in [0.3, 0.4) is 0 Å². The lowest BCUT2D eigenvalue weighted by atomic mass is 10.2. The molecule has 1 amide bonds. The molecule has 0 aliphatic heterocycles. The summed E-state index contributed by atoms with van der Waals surface area (Å²) >= 11 is 0. The van der Waals surface area contributed by atoms with E-state index in [1.54, 1.807) is 0 Å². The van der Waals surface area contributed by atoms with Crippen molar-refractivity contribution in [3.63, 3.8) is 0 Å². The van der Waals surface area contributed by atoms with Gasteiger partial charge in [-0.15, -0.1) is 5.10 Å². The van der Waals surface area contributed by atoms with Gasteiger partial charge < -0.3 is 21.1 Å². The molecule has 16 heavy (non-hydrogen) atoms. The second kappa shape index (κ2) is 3.81.